The van der Waals surface area contributed by atoms with Crippen molar-refractivity contribution in [3.05, 3.63) is 28.3 Å². The standard InChI is InChI=1S/C13H18ClNO/c1-15(2)12-6-4-5-10-9(12)7-8-11(14)13(10)16-3/h7-8,12H,4-6H2,1-3H3. The molecule has 0 N–H and O–H groups in total. The minimum atomic E-state index is 0.495. The van der Waals surface area contributed by atoms with Gasteiger partial charge in [0.25, 0.3) is 0 Å². The smallest absolute Gasteiger partial charge is 0.140 e. The third-order valence-electron chi connectivity index (χ3n) is 3.34. The fourth-order valence-corrected chi connectivity index (χ4v) is 2.82. The van der Waals surface area contributed by atoms with Crippen molar-refractivity contribution >= 4 is 11.6 Å². The second-order valence-electron chi connectivity index (χ2n) is 4.52. The summed E-state index contributed by atoms with van der Waals surface area (Å²) in [6.45, 7) is 0. The van der Waals surface area contributed by atoms with Crippen LogP contribution in [0.4, 0.5) is 0 Å². The van der Waals surface area contributed by atoms with E-state index in [9.17, 15) is 0 Å². The van der Waals surface area contributed by atoms with Crippen LogP contribution in [0.1, 0.15) is 30.0 Å². The quantitative estimate of drug-likeness (QED) is 0.785. The summed E-state index contributed by atoms with van der Waals surface area (Å²) in [4.78, 5) is 2.27. The van der Waals surface area contributed by atoms with Gasteiger partial charge < -0.3 is 9.64 Å². The van der Waals surface area contributed by atoms with Crippen LogP contribution in [0.25, 0.3) is 0 Å². The van der Waals surface area contributed by atoms with Gasteiger partial charge in [-0.05, 0) is 45.0 Å². The van der Waals surface area contributed by atoms with Crippen molar-refractivity contribution < 1.29 is 4.74 Å². The Hall–Kier alpha value is -0.730. The zero-order valence-electron chi connectivity index (χ0n) is 10.1. The van der Waals surface area contributed by atoms with Gasteiger partial charge in [-0.2, -0.15) is 0 Å². The number of hydrogen-bond acceptors (Lipinski definition) is 2. The topological polar surface area (TPSA) is 12.5 Å². The van der Waals surface area contributed by atoms with Crippen LogP contribution in [0.3, 0.4) is 0 Å². The fraction of sp³-hybridized carbons (Fsp3) is 0.538. The first-order valence-corrected chi connectivity index (χ1v) is 6.04. The molecular formula is C13H18ClNO. The molecule has 1 aromatic carbocycles. The van der Waals surface area contributed by atoms with Gasteiger partial charge in [0.1, 0.15) is 5.75 Å². The molecule has 1 aromatic rings. The van der Waals surface area contributed by atoms with E-state index in [0.29, 0.717) is 6.04 Å². The second kappa shape index (κ2) is 4.64. The van der Waals surface area contributed by atoms with E-state index in [2.05, 4.69) is 25.1 Å². The number of halogens is 1. The monoisotopic (exact) mass is 239 g/mol. The van der Waals surface area contributed by atoms with Crippen molar-refractivity contribution in [1.82, 2.24) is 4.90 Å². The summed E-state index contributed by atoms with van der Waals surface area (Å²) in [6, 6.07) is 4.58. The van der Waals surface area contributed by atoms with Crippen LogP contribution in [0.2, 0.25) is 5.02 Å². The average molecular weight is 240 g/mol. The lowest BCUT2D eigenvalue weighted by Gasteiger charge is -2.31. The third-order valence-corrected chi connectivity index (χ3v) is 3.64. The van der Waals surface area contributed by atoms with Gasteiger partial charge in [0, 0.05) is 11.6 Å². The van der Waals surface area contributed by atoms with Gasteiger partial charge in [0.15, 0.2) is 0 Å². The highest BCUT2D eigenvalue weighted by Gasteiger charge is 2.25. The highest BCUT2D eigenvalue weighted by molar-refractivity contribution is 6.32. The Morgan fingerprint density at radius 1 is 1.38 bits per heavy atom. The lowest BCUT2D eigenvalue weighted by Crippen LogP contribution is -2.24. The maximum absolute atomic E-state index is 6.15. The molecule has 0 heterocycles. The van der Waals surface area contributed by atoms with E-state index < -0.39 is 0 Å². The molecule has 1 atom stereocenters. The van der Waals surface area contributed by atoms with Crippen molar-refractivity contribution in [3.63, 3.8) is 0 Å². The van der Waals surface area contributed by atoms with Gasteiger partial charge in [-0.3, -0.25) is 0 Å². The molecule has 88 valence electrons. The molecule has 1 aliphatic carbocycles. The molecule has 1 aliphatic rings. The molecule has 0 aromatic heterocycles. The highest BCUT2D eigenvalue weighted by Crippen LogP contribution is 2.40. The predicted octanol–water partition coefficient (Wildman–Crippen LogP) is 3.29. The van der Waals surface area contributed by atoms with Crippen LogP contribution in [-0.4, -0.2) is 26.1 Å². The molecule has 0 bridgehead atoms. The van der Waals surface area contributed by atoms with Gasteiger partial charge in [-0.1, -0.05) is 17.7 Å². The molecule has 1 unspecified atom stereocenters. The second-order valence-corrected chi connectivity index (χ2v) is 4.93. The molecule has 16 heavy (non-hydrogen) atoms. The van der Waals surface area contributed by atoms with E-state index in [-0.39, 0.29) is 0 Å². The molecule has 0 saturated heterocycles. The number of nitrogens with zero attached hydrogens (tertiary/aromatic N) is 1. The number of benzene rings is 1. The molecule has 2 nitrogen and oxygen atoms in total. The molecule has 0 amide bonds. The molecule has 0 saturated carbocycles. The zero-order chi connectivity index (χ0) is 11.7. The molecule has 3 heteroatoms. The number of ether oxygens (including phenoxy) is 1. The van der Waals surface area contributed by atoms with Crippen molar-refractivity contribution in [2.45, 2.75) is 25.3 Å². The molecule has 0 radical (unpaired) electrons. The lowest BCUT2D eigenvalue weighted by atomic mass is 9.86. The Morgan fingerprint density at radius 2 is 2.12 bits per heavy atom. The third kappa shape index (κ3) is 1.92. The molecule has 0 aliphatic heterocycles. The molecule has 2 rings (SSSR count). The van der Waals surface area contributed by atoms with Crippen LogP contribution >= 0.6 is 11.6 Å². The first-order chi connectivity index (χ1) is 7.65. The van der Waals surface area contributed by atoms with Crippen molar-refractivity contribution in [3.8, 4) is 5.75 Å². The van der Waals surface area contributed by atoms with Crippen LogP contribution < -0.4 is 4.74 Å². The van der Waals surface area contributed by atoms with Crippen molar-refractivity contribution in [2.75, 3.05) is 21.2 Å². The minimum absolute atomic E-state index is 0.495. The van der Waals surface area contributed by atoms with Gasteiger partial charge >= 0.3 is 0 Å². The average Bonchev–Trinajstić information content (AvgIpc) is 2.27. The lowest BCUT2D eigenvalue weighted by molar-refractivity contribution is 0.266. The Morgan fingerprint density at radius 3 is 2.75 bits per heavy atom. The maximum atomic E-state index is 6.15. The predicted molar refractivity (Wildman–Crippen MR) is 67.4 cm³/mol. The Kier molecular flexibility index (Phi) is 3.41. The van der Waals surface area contributed by atoms with Gasteiger partial charge in [-0.25, -0.2) is 0 Å². The van der Waals surface area contributed by atoms with E-state index in [4.69, 9.17) is 16.3 Å². The Balaban J connectivity index is 2.50. The van der Waals surface area contributed by atoms with Crippen molar-refractivity contribution in [1.29, 1.82) is 0 Å². The van der Waals surface area contributed by atoms with E-state index in [1.54, 1.807) is 7.11 Å². The zero-order valence-corrected chi connectivity index (χ0v) is 10.8. The Labute approximate surface area is 102 Å². The summed E-state index contributed by atoms with van der Waals surface area (Å²) in [6.07, 6.45) is 3.49. The fourth-order valence-electron chi connectivity index (χ4n) is 2.57. The summed E-state index contributed by atoms with van der Waals surface area (Å²) in [5.41, 5.74) is 2.66. The maximum Gasteiger partial charge on any atom is 0.140 e. The molecule has 0 fully saturated rings. The van der Waals surface area contributed by atoms with E-state index in [1.807, 2.05) is 6.07 Å². The highest BCUT2D eigenvalue weighted by atomic mass is 35.5. The number of fused-ring (bicyclic) bond motifs is 1. The van der Waals surface area contributed by atoms with Crippen LogP contribution in [-0.2, 0) is 6.42 Å². The Bertz CT molecular complexity index is 390. The van der Waals surface area contributed by atoms with Gasteiger partial charge in [0.05, 0.1) is 12.1 Å². The van der Waals surface area contributed by atoms with E-state index >= 15 is 0 Å². The SMILES string of the molecule is COc1c(Cl)ccc2c1CCCC2N(C)C. The number of rotatable bonds is 2. The van der Waals surface area contributed by atoms with E-state index in [0.717, 1.165) is 17.2 Å². The molecular weight excluding hydrogens is 222 g/mol. The van der Waals surface area contributed by atoms with Crippen molar-refractivity contribution in [2.24, 2.45) is 0 Å². The number of hydrogen-bond donors (Lipinski definition) is 0. The van der Waals surface area contributed by atoms with Crippen LogP contribution in [0.5, 0.6) is 5.75 Å². The summed E-state index contributed by atoms with van der Waals surface area (Å²) >= 11 is 6.15. The molecule has 0 spiro atoms. The summed E-state index contributed by atoms with van der Waals surface area (Å²) in [5.74, 6) is 0.866. The van der Waals surface area contributed by atoms with Gasteiger partial charge in [-0.15, -0.1) is 0 Å². The minimum Gasteiger partial charge on any atom is -0.495 e. The number of methoxy groups -OCH3 is 1. The summed E-state index contributed by atoms with van der Waals surface area (Å²) in [5, 5.41) is 0.723. The normalized spacial score (nSPS) is 19.7. The van der Waals surface area contributed by atoms with Crippen LogP contribution in [0.15, 0.2) is 12.1 Å². The largest absolute Gasteiger partial charge is 0.495 e. The summed E-state index contributed by atoms with van der Waals surface area (Å²) < 4.78 is 5.42. The van der Waals surface area contributed by atoms with E-state index in [1.165, 1.54) is 24.0 Å². The first-order valence-electron chi connectivity index (χ1n) is 5.67. The van der Waals surface area contributed by atoms with Gasteiger partial charge in [0.2, 0.25) is 0 Å². The van der Waals surface area contributed by atoms with Crippen LogP contribution in [0, 0.1) is 0 Å². The summed E-state index contributed by atoms with van der Waals surface area (Å²) in [7, 11) is 5.95. The first kappa shape index (κ1) is 11.7.